The van der Waals surface area contributed by atoms with E-state index in [2.05, 4.69) is 22.2 Å². The molecular weight excluding hydrogens is 256 g/mol. The lowest BCUT2D eigenvalue weighted by molar-refractivity contribution is -0.385. The summed E-state index contributed by atoms with van der Waals surface area (Å²) in [5.74, 6) is 0.607. The summed E-state index contributed by atoms with van der Waals surface area (Å²) in [4.78, 5) is 19.2. The van der Waals surface area contributed by atoms with Gasteiger partial charge in [-0.1, -0.05) is 13.0 Å². The molecule has 1 N–H and O–H groups in total. The number of aromatic nitrogens is 2. The van der Waals surface area contributed by atoms with Crippen LogP contribution in [0.5, 0.6) is 0 Å². The van der Waals surface area contributed by atoms with E-state index in [-0.39, 0.29) is 5.69 Å². The van der Waals surface area contributed by atoms with Gasteiger partial charge >= 0.3 is 0 Å². The first-order valence-electron chi connectivity index (χ1n) is 6.40. The number of aryl methyl sites for hydroxylation is 1. The Bertz CT molecular complexity index is 611. The summed E-state index contributed by atoms with van der Waals surface area (Å²) in [5.41, 5.74) is 2.34. The van der Waals surface area contributed by atoms with Crippen molar-refractivity contribution in [2.24, 2.45) is 0 Å². The number of rotatable bonds is 5. The predicted molar refractivity (Wildman–Crippen MR) is 76.9 cm³/mol. The zero-order valence-corrected chi connectivity index (χ0v) is 11.5. The number of anilines is 1. The number of pyridine rings is 2. The van der Waals surface area contributed by atoms with Crippen molar-refractivity contribution in [3.63, 3.8) is 0 Å². The van der Waals surface area contributed by atoms with E-state index in [0.717, 1.165) is 17.7 Å². The van der Waals surface area contributed by atoms with Crippen LogP contribution in [0.15, 0.2) is 30.5 Å². The van der Waals surface area contributed by atoms with Gasteiger partial charge in [0.05, 0.1) is 4.92 Å². The van der Waals surface area contributed by atoms with Crippen LogP contribution in [-0.4, -0.2) is 21.9 Å². The van der Waals surface area contributed by atoms with Crippen molar-refractivity contribution in [3.05, 3.63) is 57.5 Å². The molecule has 0 unspecified atom stereocenters. The Morgan fingerprint density at radius 3 is 2.65 bits per heavy atom. The van der Waals surface area contributed by atoms with Gasteiger partial charge in [0.1, 0.15) is 11.5 Å². The summed E-state index contributed by atoms with van der Waals surface area (Å²) in [5, 5.41) is 13.9. The Morgan fingerprint density at radius 2 is 2.10 bits per heavy atom. The van der Waals surface area contributed by atoms with Crippen LogP contribution in [0.2, 0.25) is 0 Å². The fourth-order valence-corrected chi connectivity index (χ4v) is 1.87. The first-order chi connectivity index (χ1) is 9.63. The average molecular weight is 272 g/mol. The molecule has 6 heteroatoms. The SMILES string of the molecule is CCc1ccc(Cc2nc(NC)ccc2[N+](=O)[O-])nc1. The van der Waals surface area contributed by atoms with E-state index in [1.165, 1.54) is 6.07 Å². The van der Waals surface area contributed by atoms with E-state index >= 15 is 0 Å². The van der Waals surface area contributed by atoms with Crippen molar-refractivity contribution >= 4 is 11.5 Å². The lowest BCUT2D eigenvalue weighted by Crippen LogP contribution is -2.03. The molecule has 0 aromatic carbocycles. The van der Waals surface area contributed by atoms with Gasteiger partial charge in [0.25, 0.3) is 5.69 Å². The van der Waals surface area contributed by atoms with Gasteiger partial charge in [-0.3, -0.25) is 15.1 Å². The summed E-state index contributed by atoms with van der Waals surface area (Å²) in [7, 11) is 1.73. The Labute approximate surface area is 117 Å². The number of nitrogens with zero attached hydrogens (tertiary/aromatic N) is 3. The second kappa shape index (κ2) is 6.10. The van der Waals surface area contributed by atoms with Crippen molar-refractivity contribution in [1.82, 2.24) is 9.97 Å². The van der Waals surface area contributed by atoms with Gasteiger partial charge in [0.2, 0.25) is 0 Å². The third-order valence-corrected chi connectivity index (χ3v) is 3.05. The van der Waals surface area contributed by atoms with Crippen LogP contribution in [0, 0.1) is 10.1 Å². The highest BCUT2D eigenvalue weighted by molar-refractivity contribution is 5.46. The molecule has 104 valence electrons. The largest absolute Gasteiger partial charge is 0.373 e. The molecule has 2 aromatic heterocycles. The molecule has 2 heterocycles. The third kappa shape index (κ3) is 3.09. The number of nitro groups is 1. The molecule has 0 aliphatic rings. The average Bonchev–Trinajstić information content (AvgIpc) is 2.47. The van der Waals surface area contributed by atoms with Crippen LogP contribution >= 0.6 is 0 Å². The Hall–Kier alpha value is -2.50. The molecule has 2 rings (SSSR count). The van der Waals surface area contributed by atoms with Crippen LogP contribution < -0.4 is 5.32 Å². The second-order valence-corrected chi connectivity index (χ2v) is 4.36. The lowest BCUT2D eigenvalue weighted by atomic mass is 10.1. The molecule has 0 aliphatic carbocycles. The summed E-state index contributed by atoms with van der Waals surface area (Å²) in [6, 6.07) is 6.93. The maximum atomic E-state index is 11.0. The van der Waals surface area contributed by atoms with Gasteiger partial charge in [-0.15, -0.1) is 0 Å². The first kappa shape index (κ1) is 13.9. The Kier molecular flexibility index (Phi) is 4.24. The predicted octanol–water partition coefficient (Wildman–Crippen LogP) is 2.58. The summed E-state index contributed by atoms with van der Waals surface area (Å²) >= 11 is 0. The van der Waals surface area contributed by atoms with Gasteiger partial charge in [-0.25, -0.2) is 4.98 Å². The minimum atomic E-state index is -0.414. The maximum absolute atomic E-state index is 11.0. The Morgan fingerprint density at radius 1 is 1.30 bits per heavy atom. The molecule has 20 heavy (non-hydrogen) atoms. The Balaban J connectivity index is 2.32. The van der Waals surface area contributed by atoms with E-state index in [1.54, 1.807) is 19.3 Å². The number of hydrogen-bond donors (Lipinski definition) is 1. The molecular formula is C14H16N4O2. The summed E-state index contributed by atoms with van der Waals surface area (Å²) in [6.07, 6.45) is 3.06. The molecule has 6 nitrogen and oxygen atoms in total. The second-order valence-electron chi connectivity index (χ2n) is 4.36. The van der Waals surface area contributed by atoms with Crippen LogP contribution in [-0.2, 0) is 12.8 Å². The molecule has 2 aromatic rings. The van der Waals surface area contributed by atoms with Crippen LogP contribution in [0.25, 0.3) is 0 Å². The van der Waals surface area contributed by atoms with E-state index in [1.807, 2.05) is 12.1 Å². The zero-order chi connectivity index (χ0) is 14.5. The number of hydrogen-bond acceptors (Lipinski definition) is 5. The van der Waals surface area contributed by atoms with Gasteiger partial charge in [0, 0.05) is 31.4 Å². The van der Waals surface area contributed by atoms with Gasteiger partial charge in [-0.05, 0) is 24.1 Å². The molecule has 0 aliphatic heterocycles. The van der Waals surface area contributed by atoms with Crippen molar-refractivity contribution < 1.29 is 4.92 Å². The minimum Gasteiger partial charge on any atom is -0.373 e. The van der Waals surface area contributed by atoms with Gasteiger partial charge in [-0.2, -0.15) is 0 Å². The standard InChI is InChI=1S/C14H16N4O2/c1-3-10-4-5-11(16-9-10)8-12-13(18(19)20)6-7-14(15-2)17-12/h4-7,9H,3,8H2,1-2H3,(H,15,17). The van der Waals surface area contributed by atoms with Crippen molar-refractivity contribution in [3.8, 4) is 0 Å². The highest BCUT2D eigenvalue weighted by Crippen LogP contribution is 2.21. The lowest BCUT2D eigenvalue weighted by Gasteiger charge is -2.05. The highest BCUT2D eigenvalue weighted by atomic mass is 16.6. The smallest absolute Gasteiger partial charge is 0.291 e. The van der Waals surface area contributed by atoms with Crippen LogP contribution in [0.4, 0.5) is 11.5 Å². The molecule has 0 atom stereocenters. The normalized spacial score (nSPS) is 10.3. The molecule has 0 spiro atoms. The molecule has 0 radical (unpaired) electrons. The molecule has 0 bridgehead atoms. The van der Waals surface area contributed by atoms with Crippen LogP contribution in [0.1, 0.15) is 23.9 Å². The molecule has 0 saturated carbocycles. The van der Waals surface area contributed by atoms with E-state index in [9.17, 15) is 10.1 Å². The van der Waals surface area contributed by atoms with Crippen molar-refractivity contribution in [1.29, 1.82) is 0 Å². The van der Waals surface area contributed by atoms with Crippen LogP contribution in [0.3, 0.4) is 0 Å². The maximum Gasteiger partial charge on any atom is 0.291 e. The summed E-state index contributed by atoms with van der Waals surface area (Å²) < 4.78 is 0. The quantitative estimate of drug-likeness (QED) is 0.668. The fraction of sp³-hybridized carbons (Fsp3) is 0.286. The molecule has 0 amide bonds. The fourth-order valence-electron chi connectivity index (χ4n) is 1.87. The van der Waals surface area contributed by atoms with Gasteiger partial charge in [0.15, 0.2) is 0 Å². The minimum absolute atomic E-state index is 0.0189. The summed E-state index contributed by atoms with van der Waals surface area (Å²) in [6.45, 7) is 2.06. The molecule has 0 saturated heterocycles. The first-order valence-corrected chi connectivity index (χ1v) is 6.40. The van der Waals surface area contributed by atoms with Crippen molar-refractivity contribution in [2.75, 3.05) is 12.4 Å². The monoisotopic (exact) mass is 272 g/mol. The van der Waals surface area contributed by atoms with Gasteiger partial charge < -0.3 is 5.32 Å². The highest BCUT2D eigenvalue weighted by Gasteiger charge is 2.16. The van der Waals surface area contributed by atoms with E-state index in [4.69, 9.17) is 0 Å². The molecule has 0 fully saturated rings. The zero-order valence-electron chi connectivity index (χ0n) is 11.5. The van der Waals surface area contributed by atoms with E-state index in [0.29, 0.717) is 17.9 Å². The van der Waals surface area contributed by atoms with Crippen molar-refractivity contribution in [2.45, 2.75) is 19.8 Å². The van der Waals surface area contributed by atoms with E-state index < -0.39 is 4.92 Å². The number of nitrogens with one attached hydrogen (secondary N) is 1. The third-order valence-electron chi connectivity index (χ3n) is 3.05. The topological polar surface area (TPSA) is 81.0 Å².